The second-order valence-corrected chi connectivity index (χ2v) is 3.66. The van der Waals surface area contributed by atoms with Crippen LogP contribution in [-0.4, -0.2) is 10.1 Å². The Morgan fingerprint density at radius 3 is 2.83 bits per heavy atom. The first-order valence-electron chi connectivity index (χ1n) is 3.00. The van der Waals surface area contributed by atoms with Gasteiger partial charge in [-0.3, -0.25) is 0 Å². The standard InChI is InChI=1S/C6H2BrIN2O2/c7-4-3(1-2-11-4)5-9-6(8)10-12-5/h1-2H. The van der Waals surface area contributed by atoms with Crippen molar-refractivity contribution < 1.29 is 8.94 Å². The Balaban J connectivity index is 2.50. The van der Waals surface area contributed by atoms with E-state index in [1.54, 1.807) is 12.3 Å². The van der Waals surface area contributed by atoms with E-state index in [9.17, 15) is 0 Å². The van der Waals surface area contributed by atoms with E-state index in [2.05, 4.69) is 26.1 Å². The third kappa shape index (κ3) is 1.40. The van der Waals surface area contributed by atoms with Crippen LogP contribution >= 0.6 is 38.5 Å². The SMILES string of the molecule is Brc1occc1-c1nc(I)no1. The first-order valence-corrected chi connectivity index (χ1v) is 4.87. The van der Waals surface area contributed by atoms with Gasteiger partial charge in [-0.25, -0.2) is 0 Å². The van der Waals surface area contributed by atoms with Gasteiger partial charge in [0.25, 0.3) is 5.89 Å². The van der Waals surface area contributed by atoms with Gasteiger partial charge in [0, 0.05) is 22.6 Å². The van der Waals surface area contributed by atoms with Crippen LogP contribution in [0.15, 0.2) is 25.9 Å². The van der Waals surface area contributed by atoms with Gasteiger partial charge < -0.3 is 8.94 Å². The van der Waals surface area contributed by atoms with Crippen molar-refractivity contribution in [3.8, 4) is 11.5 Å². The van der Waals surface area contributed by atoms with Crippen LogP contribution in [0.4, 0.5) is 0 Å². The molecule has 2 heterocycles. The summed E-state index contributed by atoms with van der Waals surface area (Å²) >= 11 is 5.19. The summed E-state index contributed by atoms with van der Waals surface area (Å²) in [7, 11) is 0. The minimum Gasteiger partial charge on any atom is -0.457 e. The summed E-state index contributed by atoms with van der Waals surface area (Å²) in [4.78, 5) is 4.03. The van der Waals surface area contributed by atoms with Crippen LogP contribution in [0.2, 0.25) is 0 Å². The molecule has 62 valence electrons. The monoisotopic (exact) mass is 340 g/mol. The lowest BCUT2D eigenvalue weighted by Gasteiger charge is -1.85. The van der Waals surface area contributed by atoms with Gasteiger partial charge in [-0.1, -0.05) is 5.16 Å². The Labute approximate surface area is 89.6 Å². The van der Waals surface area contributed by atoms with Gasteiger partial charge in [0.15, 0.2) is 4.67 Å². The Bertz CT molecular complexity index is 398. The Morgan fingerprint density at radius 1 is 1.50 bits per heavy atom. The zero-order valence-electron chi connectivity index (χ0n) is 5.62. The fourth-order valence-electron chi connectivity index (χ4n) is 0.761. The average molecular weight is 341 g/mol. The zero-order chi connectivity index (χ0) is 8.55. The summed E-state index contributed by atoms with van der Waals surface area (Å²) in [6, 6.07) is 1.76. The van der Waals surface area contributed by atoms with Crippen molar-refractivity contribution in [3.63, 3.8) is 0 Å². The maximum absolute atomic E-state index is 5.01. The minimum atomic E-state index is 0.458. The van der Waals surface area contributed by atoms with E-state index in [0.29, 0.717) is 14.4 Å². The van der Waals surface area contributed by atoms with Crippen LogP contribution in [0.5, 0.6) is 0 Å². The smallest absolute Gasteiger partial charge is 0.263 e. The molecule has 0 saturated heterocycles. The third-order valence-corrected chi connectivity index (χ3v) is 2.30. The third-order valence-electron chi connectivity index (χ3n) is 1.25. The molecule has 2 rings (SSSR count). The fraction of sp³-hybridized carbons (Fsp3) is 0. The predicted octanol–water partition coefficient (Wildman–Crippen LogP) is 2.70. The first-order chi connectivity index (χ1) is 5.77. The predicted molar refractivity (Wildman–Crippen MR) is 52.4 cm³/mol. The minimum absolute atomic E-state index is 0.458. The molecule has 0 unspecified atom stereocenters. The quantitative estimate of drug-likeness (QED) is 0.749. The number of nitrogens with zero attached hydrogens (tertiary/aromatic N) is 2. The molecular weight excluding hydrogens is 339 g/mol. The van der Waals surface area contributed by atoms with Crippen LogP contribution < -0.4 is 0 Å². The lowest BCUT2D eigenvalue weighted by molar-refractivity contribution is 0.424. The van der Waals surface area contributed by atoms with Crippen LogP contribution in [0, 0.1) is 3.83 Å². The molecule has 0 spiro atoms. The highest BCUT2D eigenvalue weighted by Crippen LogP contribution is 2.27. The van der Waals surface area contributed by atoms with Crippen molar-refractivity contribution in [2.24, 2.45) is 0 Å². The molecule has 0 bridgehead atoms. The maximum Gasteiger partial charge on any atom is 0.263 e. The second kappa shape index (κ2) is 3.17. The van der Waals surface area contributed by atoms with Crippen LogP contribution in [0.25, 0.3) is 11.5 Å². The average Bonchev–Trinajstić information content (AvgIpc) is 2.58. The van der Waals surface area contributed by atoms with Gasteiger partial charge in [-0.2, -0.15) is 4.98 Å². The van der Waals surface area contributed by atoms with Crippen molar-refractivity contribution in [3.05, 3.63) is 20.8 Å². The van der Waals surface area contributed by atoms with Crippen LogP contribution in [0.1, 0.15) is 0 Å². The van der Waals surface area contributed by atoms with Crippen molar-refractivity contribution in [1.82, 2.24) is 10.1 Å². The van der Waals surface area contributed by atoms with Crippen LogP contribution in [-0.2, 0) is 0 Å². The van der Waals surface area contributed by atoms with E-state index >= 15 is 0 Å². The molecule has 0 N–H and O–H groups in total. The highest BCUT2D eigenvalue weighted by molar-refractivity contribution is 14.1. The Hall–Kier alpha value is -0.370. The lowest BCUT2D eigenvalue weighted by Crippen LogP contribution is -1.74. The number of hydrogen-bond donors (Lipinski definition) is 0. The largest absolute Gasteiger partial charge is 0.457 e. The highest BCUT2D eigenvalue weighted by Gasteiger charge is 2.12. The molecule has 2 aromatic rings. The van der Waals surface area contributed by atoms with E-state index in [1.165, 1.54) is 0 Å². The van der Waals surface area contributed by atoms with E-state index in [1.807, 2.05) is 22.6 Å². The molecular formula is C6H2BrIN2O2. The van der Waals surface area contributed by atoms with E-state index in [4.69, 9.17) is 8.94 Å². The van der Waals surface area contributed by atoms with Gasteiger partial charge in [0.2, 0.25) is 3.83 Å². The number of halogens is 2. The van der Waals surface area contributed by atoms with Crippen molar-refractivity contribution >= 4 is 38.5 Å². The zero-order valence-corrected chi connectivity index (χ0v) is 9.37. The molecule has 0 radical (unpaired) electrons. The molecule has 0 aromatic carbocycles. The molecule has 0 aliphatic rings. The number of furan rings is 1. The summed E-state index contributed by atoms with van der Waals surface area (Å²) < 4.78 is 11.1. The van der Waals surface area contributed by atoms with Crippen molar-refractivity contribution in [2.45, 2.75) is 0 Å². The summed E-state index contributed by atoms with van der Waals surface area (Å²) in [6.45, 7) is 0. The molecule has 0 amide bonds. The molecule has 4 nitrogen and oxygen atoms in total. The molecule has 0 saturated carbocycles. The molecule has 0 aliphatic carbocycles. The summed E-state index contributed by atoms with van der Waals surface area (Å²) in [6.07, 6.45) is 1.55. The number of aromatic nitrogens is 2. The van der Waals surface area contributed by atoms with E-state index in [0.717, 1.165) is 5.56 Å². The number of rotatable bonds is 1. The van der Waals surface area contributed by atoms with Crippen LogP contribution in [0.3, 0.4) is 0 Å². The van der Waals surface area contributed by atoms with Gasteiger partial charge >= 0.3 is 0 Å². The molecule has 2 aromatic heterocycles. The highest BCUT2D eigenvalue weighted by atomic mass is 127. The van der Waals surface area contributed by atoms with Gasteiger partial charge in [0.05, 0.1) is 11.8 Å². The van der Waals surface area contributed by atoms with E-state index < -0.39 is 0 Å². The van der Waals surface area contributed by atoms with Crippen molar-refractivity contribution in [2.75, 3.05) is 0 Å². The Morgan fingerprint density at radius 2 is 2.33 bits per heavy atom. The van der Waals surface area contributed by atoms with Crippen molar-refractivity contribution in [1.29, 1.82) is 0 Å². The van der Waals surface area contributed by atoms with E-state index in [-0.39, 0.29) is 0 Å². The topological polar surface area (TPSA) is 52.1 Å². The molecule has 6 heteroatoms. The van der Waals surface area contributed by atoms with Gasteiger partial charge in [-0.05, 0) is 22.0 Å². The van der Waals surface area contributed by atoms with Gasteiger partial charge in [-0.15, -0.1) is 0 Å². The Kier molecular flexibility index (Phi) is 2.18. The second-order valence-electron chi connectivity index (χ2n) is 1.98. The molecule has 0 aliphatic heterocycles. The summed E-state index contributed by atoms with van der Waals surface area (Å²) in [5.41, 5.74) is 0.769. The number of hydrogen-bond acceptors (Lipinski definition) is 4. The lowest BCUT2D eigenvalue weighted by atomic mass is 10.3. The fourth-order valence-corrected chi connectivity index (χ4v) is 1.49. The summed E-state index contributed by atoms with van der Waals surface area (Å²) in [5, 5.41) is 3.65. The summed E-state index contributed by atoms with van der Waals surface area (Å²) in [5.74, 6) is 0.458. The first kappa shape index (κ1) is 8.24. The van der Waals surface area contributed by atoms with Gasteiger partial charge in [0.1, 0.15) is 0 Å². The molecule has 0 fully saturated rings. The maximum atomic E-state index is 5.01. The normalized spacial score (nSPS) is 10.5. The molecule has 12 heavy (non-hydrogen) atoms. The molecule has 0 atom stereocenters.